The maximum atomic E-state index is 9.56. The lowest BCUT2D eigenvalue weighted by Gasteiger charge is -1.72. The van der Waals surface area contributed by atoms with E-state index < -0.39 is 0 Å². The number of Topliss-reactive ketones (excluding diaryl/α,β-unsaturated/α-hetero) is 1. The van der Waals surface area contributed by atoms with Crippen LogP contribution >= 0.6 is 0 Å². The van der Waals surface area contributed by atoms with E-state index in [-0.39, 0.29) is 116 Å². The van der Waals surface area contributed by atoms with E-state index in [4.69, 9.17) is 5.11 Å². The molecule has 0 bridgehead atoms. The Morgan fingerprint density at radius 3 is 0.500 bits per heavy atom. The minimum Gasteiger partial charge on any atom is -0.412 e. The van der Waals surface area contributed by atoms with Gasteiger partial charge in [-0.15, -0.1) is 0 Å². The highest BCUT2D eigenvalue weighted by Crippen LogP contribution is 1.55. The third kappa shape index (κ3) is 10900. The molecule has 0 saturated carbocycles. The number of hydrogen-bond donors (Lipinski definition) is 1. The summed E-state index contributed by atoms with van der Waals surface area (Å²) in [6.07, 6.45) is 0. The zero-order valence-electron chi connectivity index (χ0n) is 12.6. The van der Waals surface area contributed by atoms with E-state index in [0.717, 1.165) is 0 Å². The topological polar surface area (TPSA) is 636 Å². The van der Waals surface area contributed by atoms with Gasteiger partial charge in [0.05, 0.1) is 0 Å². The summed E-state index contributed by atoms with van der Waals surface area (Å²) in [6.45, 7) is 1.000. The molecule has 0 amide bonds. The van der Waals surface area contributed by atoms with E-state index in [1.165, 1.54) is 6.92 Å². The number of carbonyl (C=O) groups excluding carboxylic acids is 1. The molecule has 0 aliphatic carbocycles. The number of rotatable bonds is 1. The van der Waals surface area contributed by atoms with Gasteiger partial charge in [-0.1, -0.05) is 0 Å². The lowest BCUT2D eigenvalue weighted by Crippen LogP contribution is -1.93. The second-order valence-electron chi connectivity index (χ2n) is 0.860. The Labute approximate surface area is 135 Å². The summed E-state index contributed by atoms with van der Waals surface area (Å²) in [7, 11) is 0. The Morgan fingerprint density at radius 2 is 0.500 bits per heavy atom. The fourth-order valence-electron chi connectivity index (χ4n) is 0. The third-order valence-electron chi connectivity index (χ3n) is 0.223. The molecule has 0 fully saturated rings. The van der Waals surface area contributed by atoms with Gasteiger partial charge in [-0.25, -0.2) is 0 Å². The Morgan fingerprint density at radius 1 is 0.458 bits per heavy atom. The summed E-state index contributed by atoms with van der Waals surface area (Å²) in [6, 6.07) is 0. The van der Waals surface area contributed by atoms with Crippen LogP contribution in [0.15, 0.2) is 0 Å². The summed E-state index contributed by atoms with van der Waals surface area (Å²) in [4.78, 5) is 9.56. The average Bonchev–Trinajstić information content (AvgIpc) is 1.38. The second-order valence-corrected chi connectivity index (χ2v) is 0.860. The fourth-order valence-corrected chi connectivity index (χ4v) is 0. The predicted octanol–water partition coefficient (Wildman–Crippen LogP) is -16.1. The minimum absolute atomic E-state index is 0. The van der Waals surface area contributed by atoms with E-state index in [1.54, 1.807) is 0 Å². The Bertz CT molecular complexity index is 48.3. The maximum Gasteiger partial charge on any atom is 0.155 e. The van der Waals surface area contributed by atoms with Gasteiger partial charge in [0, 0.05) is 0 Å². The largest absolute Gasteiger partial charge is 0.412 e. The molecular formula is C3H44O21. The fraction of sp³-hybridized carbons (Fsp3) is 0.667. The van der Waals surface area contributed by atoms with E-state index in [9.17, 15) is 4.79 Å². The number of ketones is 1. The first-order valence-corrected chi connectivity index (χ1v) is 1.37. The molecule has 182 valence electrons. The second kappa shape index (κ2) is 1160. The molecule has 0 heterocycles. The Kier molecular flexibility index (Phi) is 64000. The first-order valence-electron chi connectivity index (χ1n) is 1.37. The average molecular weight is 416 g/mol. The van der Waals surface area contributed by atoms with Crippen molar-refractivity contribution in [3.05, 3.63) is 0 Å². The van der Waals surface area contributed by atoms with Crippen molar-refractivity contribution in [2.24, 2.45) is 0 Å². The molecular weight excluding hydrogens is 372 g/mol. The predicted molar refractivity (Wildman–Crippen MR) is 86.4 cm³/mol. The summed E-state index contributed by atoms with van der Waals surface area (Å²) in [5.41, 5.74) is 0. The number of carbonyl (C=O) groups is 1. The molecule has 0 aliphatic rings. The maximum absolute atomic E-state index is 9.56. The molecule has 0 rings (SSSR count). The van der Waals surface area contributed by atoms with Crippen molar-refractivity contribution in [2.75, 3.05) is 6.61 Å². The number of aliphatic hydroxyl groups excluding tert-OH is 1. The van der Waals surface area contributed by atoms with Crippen LogP contribution in [0.5, 0.6) is 0 Å². The third-order valence-corrected chi connectivity index (χ3v) is 0.223. The number of hydrogen-bond acceptors (Lipinski definition) is 2. The Hall–Kier alpha value is -1.13. The highest BCUT2D eigenvalue weighted by Gasteiger charge is 1.78. The van der Waals surface area contributed by atoms with Crippen LogP contribution in [-0.4, -0.2) is 122 Å². The number of aliphatic hydroxyl groups is 1. The van der Waals surface area contributed by atoms with Crippen LogP contribution < -0.4 is 0 Å². The zero-order chi connectivity index (χ0) is 4.28. The standard InChI is InChI=1S/C3H6O2.19H2O/c1-3(5)2-4;;;;;;;;;;;;;;;;;;;/h4H,2H2,1H3;19*1H2. The molecule has 0 radical (unpaired) electrons. The van der Waals surface area contributed by atoms with Gasteiger partial charge >= 0.3 is 0 Å². The molecule has 39 N–H and O–H groups in total. The molecule has 21 nitrogen and oxygen atoms in total. The van der Waals surface area contributed by atoms with Gasteiger partial charge in [0.25, 0.3) is 0 Å². The zero-order valence-corrected chi connectivity index (χ0v) is 12.6. The monoisotopic (exact) mass is 416 g/mol. The van der Waals surface area contributed by atoms with Crippen LogP contribution in [0.1, 0.15) is 6.92 Å². The van der Waals surface area contributed by atoms with Gasteiger partial charge in [-0.05, 0) is 6.92 Å². The molecule has 0 saturated heterocycles. The minimum atomic E-state index is -0.333. The van der Waals surface area contributed by atoms with Crippen LogP contribution in [-0.2, 0) is 4.79 Å². The molecule has 21 heteroatoms. The van der Waals surface area contributed by atoms with E-state index in [1.807, 2.05) is 0 Å². The van der Waals surface area contributed by atoms with Gasteiger partial charge < -0.3 is 109 Å². The van der Waals surface area contributed by atoms with Crippen molar-refractivity contribution in [2.45, 2.75) is 6.92 Å². The van der Waals surface area contributed by atoms with Gasteiger partial charge in [0.1, 0.15) is 6.61 Å². The smallest absolute Gasteiger partial charge is 0.155 e. The molecule has 0 aliphatic heterocycles. The van der Waals surface area contributed by atoms with E-state index >= 15 is 0 Å². The summed E-state index contributed by atoms with van der Waals surface area (Å²) in [5, 5.41) is 7.79. The van der Waals surface area contributed by atoms with Crippen molar-refractivity contribution in [1.82, 2.24) is 0 Å². The van der Waals surface area contributed by atoms with Crippen LogP contribution in [0.3, 0.4) is 0 Å². The normalized spacial score (nSPS) is 1.58. The molecule has 0 aromatic rings. The summed E-state index contributed by atoms with van der Waals surface area (Å²) >= 11 is 0. The van der Waals surface area contributed by atoms with Gasteiger partial charge in [-0.3, -0.25) is 4.79 Å². The molecule has 0 atom stereocenters. The Balaban J connectivity index is -0.000000000468. The van der Waals surface area contributed by atoms with Crippen molar-refractivity contribution in [3.63, 3.8) is 0 Å². The van der Waals surface area contributed by atoms with E-state index in [2.05, 4.69) is 0 Å². The van der Waals surface area contributed by atoms with Gasteiger partial charge in [-0.2, -0.15) is 0 Å². The molecule has 0 aromatic carbocycles. The van der Waals surface area contributed by atoms with Crippen molar-refractivity contribution in [3.8, 4) is 0 Å². The van der Waals surface area contributed by atoms with Crippen molar-refractivity contribution in [1.29, 1.82) is 0 Å². The molecule has 0 spiro atoms. The molecule has 0 aromatic heterocycles. The SMILES string of the molecule is CC(=O)CO.O.O.O.O.O.O.O.O.O.O.O.O.O.O.O.O.O.O.O. The molecule has 24 heavy (non-hydrogen) atoms. The van der Waals surface area contributed by atoms with Crippen molar-refractivity contribution >= 4 is 5.78 Å². The van der Waals surface area contributed by atoms with E-state index in [0.29, 0.717) is 0 Å². The van der Waals surface area contributed by atoms with Gasteiger partial charge in [0.15, 0.2) is 5.78 Å². The van der Waals surface area contributed by atoms with Crippen LogP contribution in [0.2, 0.25) is 0 Å². The highest BCUT2D eigenvalue weighted by atomic mass is 16.3. The quantitative estimate of drug-likeness (QED) is 0.434. The first kappa shape index (κ1) is 1330. The highest BCUT2D eigenvalue weighted by molar-refractivity contribution is 5.76. The summed E-state index contributed by atoms with van der Waals surface area (Å²) < 4.78 is 0. The molecule has 0 unspecified atom stereocenters. The van der Waals surface area contributed by atoms with Crippen LogP contribution in [0, 0.1) is 0 Å². The van der Waals surface area contributed by atoms with Crippen LogP contribution in [0.4, 0.5) is 0 Å². The van der Waals surface area contributed by atoms with Gasteiger partial charge in [0.2, 0.25) is 0 Å². The van der Waals surface area contributed by atoms with Crippen molar-refractivity contribution < 1.29 is 114 Å². The lowest BCUT2D eigenvalue weighted by atomic mass is 10.5. The lowest BCUT2D eigenvalue weighted by molar-refractivity contribution is -0.119. The van der Waals surface area contributed by atoms with Crippen LogP contribution in [0.25, 0.3) is 0 Å². The first-order chi connectivity index (χ1) is 2.27. The summed E-state index contributed by atoms with van der Waals surface area (Å²) in [5.74, 6) is -0.190.